The zero-order valence-electron chi connectivity index (χ0n) is 16.3. The first kappa shape index (κ1) is 21.0. The minimum Gasteiger partial charge on any atom is -0.411 e. The predicted molar refractivity (Wildman–Crippen MR) is 99.8 cm³/mol. The molecule has 9 heteroatoms. The Labute approximate surface area is 153 Å². The van der Waals surface area contributed by atoms with Crippen LogP contribution in [0, 0.1) is 6.92 Å². The fraction of sp³-hybridized carbons (Fsp3) is 0.765. The molecule has 1 aromatic heterocycles. The van der Waals surface area contributed by atoms with Crippen molar-refractivity contribution in [1.29, 1.82) is 0 Å². The van der Waals surface area contributed by atoms with Crippen LogP contribution in [0.1, 0.15) is 39.0 Å². The summed E-state index contributed by atoms with van der Waals surface area (Å²) < 4.78 is 13.6. The van der Waals surface area contributed by atoms with Crippen molar-refractivity contribution >= 4 is 8.32 Å². The molecule has 26 heavy (non-hydrogen) atoms. The lowest BCUT2D eigenvalue weighted by atomic mass is 9.99. The lowest BCUT2D eigenvalue weighted by Gasteiger charge is -2.42. The van der Waals surface area contributed by atoms with E-state index in [2.05, 4.69) is 38.8 Å². The molecule has 2 heterocycles. The van der Waals surface area contributed by atoms with Gasteiger partial charge >= 0.3 is 5.69 Å². The fourth-order valence-corrected chi connectivity index (χ4v) is 4.16. The van der Waals surface area contributed by atoms with Crippen molar-refractivity contribution in [2.24, 2.45) is 0 Å². The predicted octanol–water partition coefficient (Wildman–Crippen LogP) is 0.878. The summed E-state index contributed by atoms with van der Waals surface area (Å²) in [7, 11) is -2.20. The number of aromatic nitrogens is 2. The van der Waals surface area contributed by atoms with E-state index in [0.29, 0.717) is 12.0 Å². The maximum Gasteiger partial charge on any atom is 0.330 e. The smallest absolute Gasteiger partial charge is 0.330 e. The van der Waals surface area contributed by atoms with E-state index in [1.165, 1.54) is 10.8 Å². The molecule has 2 unspecified atom stereocenters. The van der Waals surface area contributed by atoms with E-state index < -0.39 is 50.7 Å². The van der Waals surface area contributed by atoms with Crippen molar-refractivity contribution in [3.8, 4) is 0 Å². The Morgan fingerprint density at radius 1 is 1.35 bits per heavy atom. The van der Waals surface area contributed by atoms with Crippen LogP contribution in [-0.4, -0.2) is 53.0 Å². The van der Waals surface area contributed by atoms with E-state index in [1.807, 2.05) is 0 Å². The van der Waals surface area contributed by atoms with Gasteiger partial charge in [-0.05, 0) is 25.1 Å². The highest BCUT2D eigenvalue weighted by atomic mass is 28.4. The zero-order chi connectivity index (χ0) is 19.9. The number of aliphatic hydroxyl groups is 2. The normalized spacial score (nSPS) is 23.4. The Bertz CT molecular complexity index is 760. The van der Waals surface area contributed by atoms with Crippen molar-refractivity contribution in [3.63, 3.8) is 0 Å². The fourth-order valence-electron chi connectivity index (χ4n) is 2.78. The Kier molecular flexibility index (Phi) is 5.70. The molecule has 148 valence electrons. The lowest BCUT2D eigenvalue weighted by Crippen LogP contribution is -2.54. The number of nitrogens with one attached hydrogen (secondary N) is 1. The molecule has 0 saturated carbocycles. The molecular weight excluding hydrogens is 356 g/mol. The van der Waals surface area contributed by atoms with Crippen molar-refractivity contribution in [3.05, 3.63) is 32.6 Å². The minimum atomic E-state index is -2.20. The average Bonchev–Trinajstić information content (AvgIpc) is 2.88. The largest absolute Gasteiger partial charge is 0.411 e. The lowest BCUT2D eigenvalue weighted by molar-refractivity contribution is -0.147. The van der Waals surface area contributed by atoms with Crippen LogP contribution in [0.15, 0.2) is 15.8 Å². The monoisotopic (exact) mass is 386 g/mol. The van der Waals surface area contributed by atoms with E-state index in [9.17, 15) is 19.8 Å². The van der Waals surface area contributed by atoms with Crippen LogP contribution in [0.4, 0.5) is 0 Å². The molecule has 1 aliphatic rings. The maximum absolute atomic E-state index is 12.2. The molecule has 0 bridgehead atoms. The number of aliphatic hydroxyl groups excluding tert-OH is 2. The van der Waals surface area contributed by atoms with Gasteiger partial charge in [-0.15, -0.1) is 0 Å². The topological polar surface area (TPSA) is 114 Å². The molecule has 2 atom stereocenters. The first-order valence-corrected chi connectivity index (χ1v) is 11.7. The SMILES string of the molecule is Cc1cn(C2CC(O[Si](C)(C)C(C)(C)C)C(CO)(CO)O2)c(=O)[nH]c1=O. The van der Waals surface area contributed by atoms with Gasteiger partial charge in [0.15, 0.2) is 8.32 Å². The highest BCUT2D eigenvalue weighted by Gasteiger charge is 2.53. The molecular formula is C17H30N2O6Si. The highest BCUT2D eigenvalue weighted by molar-refractivity contribution is 6.74. The van der Waals surface area contributed by atoms with Crippen molar-refractivity contribution in [2.45, 2.75) is 70.2 Å². The number of nitrogens with zero attached hydrogens (tertiary/aromatic N) is 1. The van der Waals surface area contributed by atoms with Crippen LogP contribution in [-0.2, 0) is 9.16 Å². The number of H-pyrrole nitrogens is 1. The number of ether oxygens (including phenoxy) is 1. The van der Waals surface area contributed by atoms with Crippen LogP contribution in [0.3, 0.4) is 0 Å². The third-order valence-corrected chi connectivity index (χ3v) is 10.1. The molecule has 2 rings (SSSR count). The summed E-state index contributed by atoms with van der Waals surface area (Å²) in [4.78, 5) is 26.0. The van der Waals surface area contributed by atoms with Gasteiger partial charge in [-0.1, -0.05) is 20.8 Å². The first-order chi connectivity index (χ1) is 11.9. The summed E-state index contributed by atoms with van der Waals surface area (Å²) in [6, 6.07) is 0. The van der Waals surface area contributed by atoms with Gasteiger partial charge in [0.1, 0.15) is 11.8 Å². The van der Waals surface area contributed by atoms with Crippen LogP contribution < -0.4 is 11.2 Å². The summed E-state index contributed by atoms with van der Waals surface area (Å²) in [5.41, 5.74) is -1.97. The summed E-state index contributed by atoms with van der Waals surface area (Å²) in [5.74, 6) is 0. The zero-order valence-corrected chi connectivity index (χ0v) is 17.3. The minimum absolute atomic E-state index is 0.0624. The Morgan fingerprint density at radius 3 is 2.42 bits per heavy atom. The van der Waals surface area contributed by atoms with Gasteiger partial charge in [0.2, 0.25) is 0 Å². The Morgan fingerprint density at radius 2 is 1.92 bits per heavy atom. The van der Waals surface area contributed by atoms with Gasteiger partial charge in [0, 0.05) is 18.2 Å². The third-order valence-electron chi connectivity index (χ3n) is 5.61. The summed E-state index contributed by atoms with van der Waals surface area (Å²) in [6.07, 6.45) is 0.411. The summed E-state index contributed by atoms with van der Waals surface area (Å²) in [6.45, 7) is 11.2. The van der Waals surface area contributed by atoms with Gasteiger partial charge in [-0.25, -0.2) is 4.79 Å². The maximum atomic E-state index is 12.2. The first-order valence-electron chi connectivity index (χ1n) is 8.76. The quantitative estimate of drug-likeness (QED) is 0.647. The van der Waals surface area contributed by atoms with Crippen LogP contribution >= 0.6 is 0 Å². The van der Waals surface area contributed by atoms with Crippen molar-refractivity contribution in [2.75, 3.05) is 13.2 Å². The van der Waals surface area contributed by atoms with E-state index >= 15 is 0 Å². The number of hydrogen-bond acceptors (Lipinski definition) is 6. The molecule has 1 aromatic rings. The molecule has 0 aliphatic carbocycles. The molecule has 0 radical (unpaired) electrons. The molecule has 1 saturated heterocycles. The molecule has 0 amide bonds. The number of aromatic amines is 1. The number of aryl methyl sites for hydroxylation is 1. The molecule has 1 fully saturated rings. The van der Waals surface area contributed by atoms with E-state index in [0.717, 1.165) is 0 Å². The van der Waals surface area contributed by atoms with Crippen LogP contribution in [0.25, 0.3) is 0 Å². The average molecular weight is 387 g/mol. The van der Waals surface area contributed by atoms with Gasteiger partial charge in [-0.3, -0.25) is 14.3 Å². The second-order valence-electron chi connectivity index (χ2n) is 8.53. The molecule has 8 nitrogen and oxygen atoms in total. The molecule has 0 spiro atoms. The number of hydrogen-bond donors (Lipinski definition) is 3. The van der Waals surface area contributed by atoms with Gasteiger partial charge in [-0.2, -0.15) is 0 Å². The Hall–Kier alpha value is -1.26. The van der Waals surface area contributed by atoms with Gasteiger partial charge < -0.3 is 19.4 Å². The van der Waals surface area contributed by atoms with Crippen molar-refractivity contribution in [1.82, 2.24) is 9.55 Å². The molecule has 3 N–H and O–H groups in total. The van der Waals surface area contributed by atoms with E-state index in [1.54, 1.807) is 6.92 Å². The summed E-state index contributed by atoms with van der Waals surface area (Å²) in [5, 5.41) is 19.8. The van der Waals surface area contributed by atoms with Crippen LogP contribution in [0.2, 0.25) is 18.1 Å². The molecule has 1 aliphatic heterocycles. The standard InChI is InChI=1S/C17H30N2O6Si/c1-11-8-19(15(23)18-14(11)22)13-7-12(17(9-20,10-21)24-13)25-26(5,6)16(2,3)4/h8,12-13,20-21H,7,9-10H2,1-6H3,(H,18,22,23). The summed E-state index contributed by atoms with van der Waals surface area (Å²) >= 11 is 0. The van der Waals surface area contributed by atoms with E-state index in [-0.39, 0.29) is 5.04 Å². The van der Waals surface area contributed by atoms with Gasteiger partial charge in [0.25, 0.3) is 5.56 Å². The Balaban J connectivity index is 2.40. The second kappa shape index (κ2) is 7.04. The van der Waals surface area contributed by atoms with Crippen molar-refractivity contribution < 1.29 is 19.4 Å². The van der Waals surface area contributed by atoms with Gasteiger partial charge in [0.05, 0.1) is 19.3 Å². The van der Waals surface area contributed by atoms with E-state index in [4.69, 9.17) is 9.16 Å². The molecule has 0 aromatic carbocycles. The second-order valence-corrected chi connectivity index (χ2v) is 13.3. The number of rotatable bonds is 5. The third kappa shape index (κ3) is 3.72. The van der Waals surface area contributed by atoms with Crippen LogP contribution in [0.5, 0.6) is 0 Å². The highest BCUT2D eigenvalue weighted by Crippen LogP contribution is 2.44.